The Morgan fingerprint density at radius 3 is 2.82 bits per heavy atom. The van der Waals surface area contributed by atoms with Gasteiger partial charge in [-0.3, -0.25) is 4.79 Å². The molecule has 1 fully saturated rings. The molecule has 0 aromatic carbocycles. The maximum absolute atomic E-state index is 10.6. The molecule has 0 aromatic heterocycles. The summed E-state index contributed by atoms with van der Waals surface area (Å²) in [6.45, 7) is 3.58. The van der Waals surface area contributed by atoms with E-state index in [-0.39, 0.29) is 11.3 Å². The highest BCUT2D eigenvalue weighted by atomic mass is 35.5. The maximum Gasteiger partial charge on any atom is 0.305 e. The molecule has 0 amide bonds. The van der Waals surface area contributed by atoms with Gasteiger partial charge in [-0.2, -0.15) is 0 Å². The van der Waals surface area contributed by atoms with Gasteiger partial charge in [0.25, 0.3) is 0 Å². The van der Waals surface area contributed by atoms with Crippen LogP contribution in [0.2, 0.25) is 0 Å². The summed E-state index contributed by atoms with van der Waals surface area (Å²) < 4.78 is 10.1. The monoisotopic (exact) mass is 178 g/mol. The van der Waals surface area contributed by atoms with Crippen LogP contribution in [-0.4, -0.2) is 23.7 Å². The molecule has 0 N–H and O–H groups in total. The van der Waals surface area contributed by atoms with E-state index in [4.69, 9.17) is 21.1 Å². The zero-order valence-corrected chi connectivity index (χ0v) is 7.35. The van der Waals surface area contributed by atoms with Crippen molar-refractivity contribution in [1.29, 1.82) is 0 Å². The summed E-state index contributed by atoms with van der Waals surface area (Å²) in [5.74, 6) is -1.27. The molecular formula is C7H11ClO3. The van der Waals surface area contributed by atoms with Crippen molar-refractivity contribution in [3.8, 4) is 0 Å². The lowest BCUT2D eigenvalue weighted by molar-refractivity contribution is -0.202. The minimum atomic E-state index is -0.909. The third-order valence-corrected chi connectivity index (χ3v) is 2.29. The first-order valence-corrected chi connectivity index (χ1v) is 3.96. The van der Waals surface area contributed by atoms with E-state index >= 15 is 0 Å². The Kier molecular flexibility index (Phi) is 2.40. The van der Waals surface area contributed by atoms with E-state index in [9.17, 15) is 4.79 Å². The van der Waals surface area contributed by atoms with Crippen molar-refractivity contribution in [2.75, 3.05) is 6.61 Å². The molecule has 0 radical (unpaired) electrons. The second-order valence-corrected chi connectivity index (χ2v) is 3.24. The highest BCUT2D eigenvalue weighted by Crippen LogP contribution is 2.31. The topological polar surface area (TPSA) is 35.5 Å². The van der Waals surface area contributed by atoms with Crippen molar-refractivity contribution in [3.05, 3.63) is 0 Å². The summed E-state index contributed by atoms with van der Waals surface area (Å²) in [4.78, 5) is 10.6. The number of alkyl halides is 1. The minimum Gasteiger partial charge on any atom is -0.432 e. The molecule has 3 nitrogen and oxygen atoms in total. The van der Waals surface area contributed by atoms with Crippen LogP contribution in [0.15, 0.2) is 0 Å². The Hall–Kier alpha value is -0.280. The molecule has 0 aliphatic carbocycles. The number of carbonyl (C=O) groups excluding carboxylic acids is 1. The van der Waals surface area contributed by atoms with Crippen LogP contribution < -0.4 is 0 Å². The van der Waals surface area contributed by atoms with Crippen LogP contribution in [0, 0.1) is 0 Å². The van der Waals surface area contributed by atoms with Crippen LogP contribution in [0.4, 0.5) is 0 Å². The summed E-state index contributed by atoms with van der Waals surface area (Å²) in [6.07, 6.45) is 0.728. The molecule has 0 aromatic rings. The number of hydrogen-bond acceptors (Lipinski definition) is 3. The Balaban J connectivity index is 2.58. The molecule has 1 aliphatic heterocycles. The molecule has 2 unspecified atom stereocenters. The summed E-state index contributed by atoms with van der Waals surface area (Å²) in [7, 11) is 0. The van der Waals surface area contributed by atoms with Crippen molar-refractivity contribution in [2.45, 2.75) is 31.4 Å². The van der Waals surface area contributed by atoms with Crippen LogP contribution >= 0.6 is 11.6 Å². The Morgan fingerprint density at radius 2 is 2.45 bits per heavy atom. The van der Waals surface area contributed by atoms with Gasteiger partial charge in [0.05, 0.1) is 6.61 Å². The zero-order chi connectivity index (χ0) is 8.48. The number of carbonyl (C=O) groups is 1. The number of esters is 1. The summed E-state index contributed by atoms with van der Waals surface area (Å²) in [6, 6.07) is 0. The lowest BCUT2D eigenvalue weighted by atomic mass is 10.2. The minimum absolute atomic E-state index is 0.230. The number of halogens is 1. The van der Waals surface area contributed by atoms with Gasteiger partial charge in [-0.05, 0) is 6.42 Å². The first-order chi connectivity index (χ1) is 5.04. The van der Waals surface area contributed by atoms with E-state index in [1.807, 2.05) is 0 Å². The largest absolute Gasteiger partial charge is 0.432 e. The summed E-state index contributed by atoms with van der Waals surface area (Å²) in [5.41, 5.74) is 0. The molecule has 64 valence electrons. The van der Waals surface area contributed by atoms with Gasteiger partial charge < -0.3 is 9.47 Å². The number of rotatable bonds is 1. The molecule has 2 atom stereocenters. The second kappa shape index (κ2) is 2.99. The Bertz CT molecular complexity index is 171. The van der Waals surface area contributed by atoms with Crippen LogP contribution in [-0.2, 0) is 14.3 Å². The lowest BCUT2D eigenvalue weighted by Gasteiger charge is -2.25. The van der Waals surface area contributed by atoms with Crippen molar-refractivity contribution >= 4 is 17.6 Å². The van der Waals surface area contributed by atoms with Gasteiger partial charge in [0, 0.05) is 13.8 Å². The van der Waals surface area contributed by atoms with Gasteiger partial charge in [0.15, 0.2) is 0 Å². The van der Waals surface area contributed by atoms with Gasteiger partial charge in [0.1, 0.15) is 5.38 Å². The smallest absolute Gasteiger partial charge is 0.305 e. The first kappa shape index (κ1) is 8.81. The first-order valence-electron chi connectivity index (χ1n) is 3.52. The van der Waals surface area contributed by atoms with Crippen LogP contribution in [0.3, 0.4) is 0 Å². The Labute approximate surface area is 70.6 Å². The quantitative estimate of drug-likeness (QED) is 0.449. The van der Waals surface area contributed by atoms with Crippen LogP contribution in [0.5, 0.6) is 0 Å². The molecular weight excluding hydrogens is 168 g/mol. The molecule has 0 saturated carbocycles. The number of hydrogen-bond donors (Lipinski definition) is 0. The molecule has 1 rings (SSSR count). The van der Waals surface area contributed by atoms with Crippen molar-refractivity contribution in [1.82, 2.24) is 0 Å². The number of ether oxygens (including phenoxy) is 2. The molecule has 1 heterocycles. The molecule has 1 saturated heterocycles. The van der Waals surface area contributed by atoms with Crippen molar-refractivity contribution < 1.29 is 14.3 Å². The second-order valence-electron chi connectivity index (χ2n) is 2.71. The normalized spacial score (nSPS) is 37.2. The van der Waals surface area contributed by atoms with E-state index in [0.717, 1.165) is 6.42 Å². The molecule has 0 bridgehead atoms. The third-order valence-electron chi connectivity index (χ3n) is 1.68. The maximum atomic E-state index is 10.6. The van der Waals surface area contributed by atoms with Crippen molar-refractivity contribution in [2.24, 2.45) is 0 Å². The van der Waals surface area contributed by atoms with E-state index in [1.54, 1.807) is 6.92 Å². The van der Waals surface area contributed by atoms with Gasteiger partial charge in [-0.25, -0.2) is 0 Å². The third kappa shape index (κ3) is 1.84. The summed E-state index contributed by atoms with van der Waals surface area (Å²) in [5, 5.41) is -0.230. The predicted octanol–water partition coefficient (Wildman–Crippen LogP) is 1.29. The average Bonchev–Trinajstić information content (AvgIpc) is 2.11. The predicted molar refractivity (Wildman–Crippen MR) is 40.4 cm³/mol. The van der Waals surface area contributed by atoms with Gasteiger partial charge in [-0.1, -0.05) is 0 Å². The van der Waals surface area contributed by atoms with Gasteiger partial charge in [0.2, 0.25) is 5.79 Å². The Morgan fingerprint density at radius 1 is 1.82 bits per heavy atom. The highest BCUT2D eigenvalue weighted by Gasteiger charge is 2.42. The molecule has 1 aliphatic rings. The van der Waals surface area contributed by atoms with Gasteiger partial charge in [-0.15, -0.1) is 11.6 Å². The standard InChI is InChI=1S/C7H11ClO3/c1-5(9)11-7(2)6(8)3-4-10-7/h6H,3-4H2,1-2H3. The van der Waals surface area contributed by atoms with E-state index < -0.39 is 5.79 Å². The molecule has 0 spiro atoms. The van der Waals surface area contributed by atoms with Crippen LogP contribution in [0.1, 0.15) is 20.3 Å². The summed E-state index contributed by atoms with van der Waals surface area (Å²) >= 11 is 5.86. The zero-order valence-electron chi connectivity index (χ0n) is 6.59. The molecule has 4 heteroatoms. The molecule has 11 heavy (non-hydrogen) atoms. The SMILES string of the molecule is CC(=O)OC1(C)OCCC1Cl. The van der Waals surface area contributed by atoms with Crippen molar-refractivity contribution in [3.63, 3.8) is 0 Å². The van der Waals surface area contributed by atoms with E-state index in [2.05, 4.69) is 0 Å². The highest BCUT2D eigenvalue weighted by molar-refractivity contribution is 6.21. The van der Waals surface area contributed by atoms with Gasteiger partial charge >= 0.3 is 5.97 Å². The fourth-order valence-electron chi connectivity index (χ4n) is 1.10. The fraction of sp³-hybridized carbons (Fsp3) is 0.857. The van der Waals surface area contributed by atoms with E-state index in [1.165, 1.54) is 6.92 Å². The van der Waals surface area contributed by atoms with Crippen LogP contribution in [0.25, 0.3) is 0 Å². The van der Waals surface area contributed by atoms with E-state index in [0.29, 0.717) is 6.61 Å². The fourth-order valence-corrected chi connectivity index (χ4v) is 1.29. The average molecular weight is 179 g/mol. The lowest BCUT2D eigenvalue weighted by Crippen LogP contribution is -2.37.